The van der Waals surface area contributed by atoms with Crippen molar-refractivity contribution in [2.24, 2.45) is 0 Å². The quantitative estimate of drug-likeness (QED) is 0.420. The Morgan fingerprint density at radius 3 is 2.49 bits per heavy atom. The lowest BCUT2D eigenvalue weighted by atomic mass is 10.0. The van der Waals surface area contributed by atoms with E-state index in [4.69, 9.17) is 0 Å². The van der Waals surface area contributed by atoms with Crippen LogP contribution in [0.1, 0.15) is 32.9 Å². The second kappa shape index (κ2) is 10.7. The molecule has 1 aliphatic rings. The molecule has 2 aromatic heterocycles. The summed E-state index contributed by atoms with van der Waals surface area (Å²) in [5.41, 5.74) is 4.00. The van der Waals surface area contributed by atoms with Crippen LogP contribution in [-0.4, -0.2) is 80.2 Å². The molecule has 8 nitrogen and oxygen atoms in total. The molecule has 1 aliphatic heterocycles. The summed E-state index contributed by atoms with van der Waals surface area (Å²) in [6, 6.07) is 6.25. The van der Waals surface area contributed by atoms with E-state index in [9.17, 15) is 9.00 Å². The predicted octanol–water partition coefficient (Wildman–Crippen LogP) is 2.76. The molecule has 10 heteroatoms. The third kappa shape index (κ3) is 6.31. The lowest BCUT2D eigenvalue weighted by Gasteiger charge is -2.32. The molecule has 1 unspecified atom stereocenters. The van der Waals surface area contributed by atoms with Gasteiger partial charge in [0.05, 0.1) is 33.9 Å². The highest BCUT2D eigenvalue weighted by atomic mass is 32.2. The predicted molar refractivity (Wildman–Crippen MR) is 145 cm³/mol. The first-order valence-electron chi connectivity index (χ1n) is 11.7. The average molecular weight is 521 g/mol. The number of anilines is 1. The molecule has 1 amide bonds. The lowest BCUT2D eigenvalue weighted by Crippen LogP contribution is -2.47. The first-order valence-corrected chi connectivity index (χ1v) is 13.8. The molecule has 1 atom stereocenters. The van der Waals surface area contributed by atoms with E-state index >= 15 is 4.39 Å². The summed E-state index contributed by atoms with van der Waals surface area (Å²) in [7, 11) is -0.481. The van der Waals surface area contributed by atoms with Gasteiger partial charge in [0.2, 0.25) is 0 Å². The number of halogens is 1. The molecule has 3 heterocycles. The number of carbonyl (C=O) groups is 1. The van der Waals surface area contributed by atoms with Crippen molar-refractivity contribution >= 4 is 27.2 Å². The van der Waals surface area contributed by atoms with Crippen LogP contribution >= 0.6 is 0 Å². The Kier molecular flexibility index (Phi) is 7.57. The Hall–Kier alpha value is -3.81. The van der Waals surface area contributed by atoms with Gasteiger partial charge < -0.3 is 14.5 Å². The fourth-order valence-corrected chi connectivity index (χ4v) is 4.60. The van der Waals surface area contributed by atoms with Crippen molar-refractivity contribution in [2.45, 2.75) is 13.8 Å². The standard InChI is InChI=1S/C27H29FN6O2S/c1-18-22(8-6-20-14-25(19(2)29-16-20)32-37(4,5)36)26(31-17-30-18)21-7-9-23(24(28)15-21)27(35)34-12-10-33(3)11-13-34/h7,9,14-17H,4,10-13H2,1-3,5H3,(H,32,36). The van der Waals surface area contributed by atoms with E-state index in [1.54, 1.807) is 37.1 Å². The smallest absolute Gasteiger partial charge is 0.256 e. The topological polar surface area (TPSA) is 91.3 Å². The molecule has 0 bridgehead atoms. The summed E-state index contributed by atoms with van der Waals surface area (Å²) in [5.74, 6) is 8.84. The summed E-state index contributed by atoms with van der Waals surface area (Å²) in [6.45, 7) is 6.24. The zero-order valence-corrected chi connectivity index (χ0v) is 22.2. The second-order valence-corrected chi connectivity index (χ2v) is 11.4. The number of aryl methyl sites for hydroxylation is 2. The molecule has 0 saturated carbocycles. The molecule has 1 N–H and O–H groups in total. The summed E-state index contributed by atoms with van der Waals surface area (Å²) >= 11 is 0. The van der Waals surface area contributed by atoms with Gasteiger partial charge in [-0.05, 0) is 45.0 Å². The van der Waals surface area contributed by atoms with Crippen LogP contribution < -0.4 is 4.72 Å². The molecule has 1 aromatic carbocycles. The van der Waals surface area contributed by atoms with Gasteiger partial charge >= 0.3 is 0 Å². The third-order valence-corrected chi connectivity index (χ3v) is 6.70. The minimum Gasteiger partial charge on any atom is -0.336 e. The number of aromatic nitrogens is 3. The van der Waals surface area contributed by atoms with Crippen LogP contribution in [0, 0.1) is 31.5 Å². The Morgan fingerprint density at radius 1 is 1.08 bits per heavy atom. The first-order chi connectivity index (χ1) is 17.5. The van der Waals surface area contributed by atoms with Crippen molar-refractivity contribution < 1.29 is 13.4 Å². The Labute approximate surface area is 217 Å². The molecule has 4 rings (SSSR count). The zero-order valence-electron chi connectivity index (χ0n) is 21.3. The number of nitrogens with zero attached hydrogens (tertiary/aromatic N) is 5. The van der Waals surface area contributed by atoms with Crippen molar-refractivity contribution in [2.75, 3.05) is 44.2 Å². The summed E-state index contributed by atoms with van der Waals surface area (Å²) in [4.78, 5) is 29.6. The number of nitrogens with one attached hydrogen (secondary N) is 1. The first kappa shape index (κ1) is 26.3. The highest BCUT2D eigenvalue weighted by Gasteiger charge is 2.23. The highest BCUT2D eigenvalue weighted by molar-refractivity contribution is 8.00. The molecule has 192 valence electrons. The maximum atomic E-state index is 15.1. The molecular formula is C27H29FN6O2S. The monoisotopic (exact) mass is 520 g/mol. The highest BCUT2D eigenvalue weighted by Crippen LogP contribution is 2.25. The van der Waals surface area contributed by atoms with Crippen LogP contribution in [0.3, 0.4) is 0 Å². The van der Waals surface area contributed by atoms with Gasteiger partial charge in [0.1, 0.15) is 12.1 Å². The minimum atomic E-state index is -2.48. The number of benzene rings is 1. The number of likely N-dealkylation sites (N-methyl/N-ethyl adjacent to an activating group) is 1. The number of rotatable bonds is 4. The fourth-order valence-electron chi connectivity index (χ4n) is 3.93. The molecule has 1 saturated heterocycles. The van der Waals surface area contributed by atoms with Gasteiger partial charge in [-0.3, -0.25) is 9.78 Å². The third-order valence-electron chi connectivity index (χ3n) is 6.04. The van der Waals surface area contributed by atoms with Gasteiger partial charge in [-0.1, -0.05) is 17.9 Å². The van der Waals surface area contributed by atoms with Crippen molar-refractivity contribution in [3.8, 4) is 23.1 Å². The number of piperazine rings is 1. The van der Waals surface area contributed by atoms with Gasteiger partial charge in [-0.25, -0.2) is 18.6 Å². The molecule has 0 aliphatic carbocycles. The van der Waals surface area contributed by atoms with Crippen molar-refractivity contribution in [3.63, 3.8) is 0 Å². The Morgan fingerprint density at radius 2 is 1.81 bits per heavy atom. The molecule has 3 aromatic rings. The Balaban J connectivity index is 1.65. The minimum absolute atomic E-state index is 0.0374. The fraction of sp³-hybridized carbons (Fsp3) is 0.296. The molecular weight excluding hydrogens is 491 g/mol. The van der Waals surface area contributed by atoms with Crippen molar-refractivity contribution in [3.05, 3.63) is 70.7 Å². The van der Waals surface area contributed by atoms with E-state index in [0.29, 0.717) is 52.5 Å². The number of pyridine rings is 1. The van der Waals surface area contributed by atoms with Gasteiger partial charge in [-0.15, -0.1) is 0 Å². The van der Waals surface area contributed by atoms with E-state index < -0.39 is 15.5 Å². The van der Waals surface area contributed by atoms with Crippen LogP contribution in [0.25, 0.3) is 11.3 Å². The van der Waals surface area contributed by atoms with E-state index in [1.165, 1.54) is 24.7 Å². The summed E-state index contributed by atoms with van der Waals surface area (Å²) < 4.78 is 30.1. The van der Waals surface area contributed by atoms with Gasteiger partial charge in [0, 0.05) is 59.5 Å². The second-order valence-electron chi connectivity index (χ2n) is 9.19. The maximum Gasteiger partial charge on any atom is 0.256 e. The normalized spacial score (nSPS) is 15.4. The molecule has 0 radical (unpaired) electrons. The molecule has 1 fully saturated rings. The van der Waals surface area contributed by atoms with Crippen LogP contribution in [0.15, 0.2) is 36.8 Å². The van der Waals surface area contributed by atoms with Crippen molar-refractivity contribution in [1.29, 1.82) is 0 Å². The summed E-state index contributed by atoms with van der Waals surface area (Å²) in [5, 5.41) is 0. The SMILES string of the molecule is C=S(C)(=O)Nc1cc(C#Cc2c(C)ncnc2-c2ccc(C(=O)N3CCN(C)CC3)c(F)c2)cnc1C. The largest absolute Gasteiger partial charge is 0.336 e. The van der Waals surface area contributed by atoms with E-state index in [1.807, 2.05) is 7.05 Å². The lowest BCUT2D eigenvalue weighted by molar-refractivity contribution is 0.0659. The van der Waals surface area contributed by atoms with E-state index in [0.717, 1.165) is 13.1 Å². The molecule has 37 heavy (non-hydrogen) atoms. The number of hydrogen-bond donors (Lipinski definition) is 1. The molecule has 0 spiro atoms. The van der Waals surface area contributed by atoms with Gasteiger partial charge in [-0.2, -0.15) is 0 Å². The number of carbonyl (C=O) groups excluding carboxylic acids is 1. The zero-order chi connectivity index (χ0) is 26.7. The summed E-state index contributed by atoms with van der Waals surface area (Å²) in [6.07, 6.45) is 4.52. The van der Waals surface area contributed by atoms with Gasteiger partial charge in [0.25, 0.3) is 5.91 Å². The van der Waals surface area contributed by atoms with Crippen LogP contribution in [0.5, 0.6) is 0 Å². The van der Waals surface area contributed by atoms with Crippen LogP contribution in [-0.2, 0) is 9.71 Å². The van der Waals surface area contributed by atoms with Crippen molar-refractivity contribution in [1.82, 2.24) is 24.8 Å². The number of amides is 1. The number of hydrogen-bond acceptors (Lipinski definition) is 6. The maximum absolute atomic E-state index is 15.1. The van der Waals surface area contributed by atoms with Crippen LogP contribution in [0.2, 0.25) is 0 Å². The van der Waals surface area contributed by atoms with E-state index in [2.05, 4.69) is 42.3 Å². The average Bonchev–Trinajstić information content (AvgIpc) is 2.84. The van der Waals surface area contributed by atoms with Gasteiger partial charge in [0.15, 0.2) is 0 Å². The van der Waals surface area contributed by atoms with Crippen LogP contribution in [0.4, 0.5) is 10.1 Å². The Bertz CT molecular complexity index is 1520. The van der Waals surface area contributed by atoms with E-state index in [-0.39, 0.29) is 11.5 Å².